The third-order valence-electron chi connectivity index (χ3n) is 4.53. The molecule has 0 saturated carbocycles. The summed E-state index contributed by atoms with van der Waals surface area (Å²) in [4.78, 5) is 25.8. The van der Waals surface area contributed by atoms with Crippen molar-refractivity contribution in [3.05, 3.63) is 63.3 Å². The van der Waals surface area contributed by atoms with Crippen LogP contribution in [0.2, 0.25) is 10.0 Å². The molecule has 7 nitrogen and oxygen atoms in total. The molecule has 1 aliphatic heterocycles. The molecule has 1 heterocycles. The van der Waals surface area contributed by atoms with Crippen molar-refractivity contribution >= 4 is 40.8 Å². The average molecular weight is 506 g/mol. The van der Waals surface area contributed by atoms with Crippen LogP contribution in [-0.4, -0.2) is 39.5 Å². The number of ether oxygens (including phenoxy) is 4. The molecule has 2 aromatic carbocycles. The van der Waals surface area contributed by atoms with Crippen LogP contribution in [0.5, 0.6) is 11.5 Å². The molecule has 176 valence electrons. The highest BCUT2D eigenvalue weighted by molar-refractivity contribution is 6.37. The highest BCUT2D eigenvalue weighted by Crippen LogP contribution is 2.42. The standard InChI is InChI=1S/C21H16Cl2F3NO6/c1-30-19(28)14-9-32-10-27(17(14)20(29)31-2)12-3-5-13(6-4-12)33-18-15(22)7-11(8-16(18)23)21(24,25)26/h3-8H,9-10H2,1-2H3. The zero-order chi connectivity index (χ0) is 24.3. The second-order valence-corrected chi connectivity index (χ2v) is 7.39. The molecule has 12 heteroatoms. The summed E-state index contributed by atoms with van der Waals surface area (Å²) in [5.74, 6) is -1.45. The van der Waals surface area contributed by atoms with Gasteiger partial charge >= 0.3 is 18.1 Å². The number of halogens is 5. The molecule has 0 aliphatic carbocycles. The van der Waals surface area contributed by atoms with E-state index >= 15 is 0 Å². The van der Waals surface area contributed by atoms with Crippen LogP contribution in [0.25, 0.3) is 0 Å². The van der Waals surface area contributed by atoms with E-state index in [9.17, 15) is 22.8 Å². The number of anilines is 1. The number of esters is 2. The SMILES string of the molecule is COC(=O)C1=C(C(=O)OC)N(c2ccc(Oc3c(Cl)cc(C(F)(F)F)cc3Cl)cc2)COC1. The van der Waals surface area contributed by atoms with Gasteiger partial charge in [-0.2, -0.15) is 13.2 Å². The highest BCUT2D eigenvalue weighted by atomic mass is 35.5. The van der Waals surface area contributed by atoms with Crippen LogP contribution in [0, 0.1) is 0 Å². The normalized spacial score (nSPS) is 14.2. The van der Waals surface area contributed by atoms with Gasteiger partial charge in [0.2, 0.25) is 0 Å². The van der Waals surface area contributed by atoms with E-state index in [1.54, 1.807) is 0 Å². The summed E-state index contributed by atoms with van der Waals surface area (Å²) in [6.07, 6.45) is -4.61. The molecule has 3 rings (SSSR count). The molecule has 0 bridgehead atoms. The first-order valence-corrected chi connectivity index (χ1v) is 9.91. The second kappa shape index (κ2) is 9.90. The van der Waals surface area contributed by atoms with Gasteiger partial charge in [0.15, 0.2) is 5.75 Å². The molecule has 1 aliphatic rings. The summed E-state index contributed by atoms with van der Waals surface area (Å²) in [5.41, 5.74) is -0.625. The summed E-state index contributed by atoms with van der Waals surface area (Å²) in [6.45, 7) is -0.193. The maximum atomic E-state index is 12.9. The number of rotatable bonds is 5. The van der Waals surface area contributed by atoms with Crippen molar-refractivity contribution < 1.29 is 41.7 Å². The maximum absolute atomic E-state index is 12.9. The van der Waals surface area contributed by atoms with E-state index in [1.807, 2.05) is 0 Å². The quantitative estimate of drug-likeness (QED) is 0.517. The summed E-state index contributed by atoms with van der Waals surface area (Å²) in [6, 6.07) is 7.44. The highest BCUT2D eigenvalue weighted by Gasteiger charge is 2.33. The summed E-state index contributed by atoms with van der Waals surface area (Å²) in [7, 11) is 2.35. The van der Waals surface area contributed by atoms with Gasteiger partial charge < -0.3 is 23.8 Å². The minimum absolute atomic E-state index is 0.0146. The van der Waals surface area contributed by atoms with Crippen molar-refractivity contribution in [2.75, 3.05) is 32.5 Å². The monoisotopic (exact) mass is 505 g/mol. The predicted octanol–water partition coefficient (Wildman–Crippen LogP) is 5.20. The molecular weight excluding hydrogens is 490 g/mol. The van der Waals surface area contributed by atoms with Gasteiger partial charge in [0.05, 0.1) is 42.0 Å². The van der Waals surface area contributed by atoms with Gasteiger partial charge in [-0.05, 0) is 36.4 Å². The molecule has 0 spiro atoms. The molecule has 2 aromatic rings. The first-order chi connectivity index (χ1) is 15.6. The largest absolute Gasteiger partial charge is 0.466 e. The fourth-order valence-corrected chi connectivity index (χ4v) is 3.54. The number of nitrogens with zero attached hydrogens (tertiary/aromatic N) is 1. The van der Waals surface area contributed by atoms with Gasteiger partial charge in [-0.15, -0.1) is 0 Å². The zero-order valence-corrected chi connectivity index (χ0v) is 18.7. The summed E-state index contributed by atoms with van der Waals surface area (Å²) in [5, 5.41) is -0.635. The maximum Gasteiger partial charge on any atom is 0.416 e. The van der Waals surface area contributed by atoms with E-state index in [4.69, 9.17) is 42.1 Å². The number of benzene rings is 2. The van der Waals surface area contributed by atoms with Crippen LogP contribution in [0.1, 0.15) is 5.56 Å². The molecule has 0 fully saturated rings. The van der Waals surface area contributed by atoms with Crippen molar-refractivity contribution in [2.24, 2.45) is 0 Å². The molecular formula is C21H16Cl2F3NO6. The van der Waals surface area contributed by atoms with Crippen LogP contribution in [0.3, 0.4) is 0 Å². The summed E-state index contributed by atoms with van der Waals surface area (Å²) < 4.78 is 59.2. The van der Waals surface area contributed by atoms with Crippen LogP contribution in [-0.2, 0) is 30.0 Å². The number of carbonyl (C=O) groups is 2. The van der Waals surface area contributed by atoms with Crippen molar-refractivity contribution in [3.63, 3.8) is 0 Å². The molecule has 0 saturated heterocycles. The Hall–Kier alpha value is -2.95. The lowest BCUT2D eigenvalue weighted by molar-refractivity contribution is -0.140. The Morgan fingerprint density at radius 2 is 1.58 bits per heavy atom. The van der Waals surface area contributed by atoms with E-state index in [0.29, 0.717) is 17.8 Å². The van der Waals surface area contributed by atoms with E-state index in [-0.39, 0.29) is 46.2 Å². The number of hydrogen-bond donors (Lipinski definition) is 0. The third-order valence-corrected chi connectivity index (χ3v) is 5.09. The number of carbonyl (C=O) groups excluding carboxylic acids is 2. The molecule has 0 amide bonds. The molecule has 33 heavy (non-hydrogen) atoms. The van der Waals surface area contributed by atoms with Gasteiger partial charge in [0.25, 0.3) is 0 Å². The lowest BCUT2D eigenvalue weighted by Gasteiger charge is -2.31. The average Bonchev–Trinajstić information content (AvgIpc) is 2.79. The molecule has 0 aromatic heterocycles. The van der Waals surface area contributed by atoms with Crippen molar-refractivity contribution in [2.45, 2.75) is 6.18 Å². The van der Waals surface area contributed by atoms with Gasteiger partial charge in [-0.3, -0.25) is 0 Å². The number of alkyl halides is 3. The molecule has 0 N–H and O–H groups in total. The van der Waals surface area contributed by atoms with Gasteiger partial charge in [0.1, 0.15) is 18.2 Å². The predicted molar refractivity (Wildman–Crippen MR) is 112 cm³/mol. The minimum Gasteiger partial charge on any atom is -0.466 e. The van der Waals surface area contributed by atoms with Crippen LogP contribution < -0.4 is 9.64 Å². The van der Waals surface area contributed by atoms with Gasteiger partial charge in [-0.25, -0.2) is 9.59 Å². The van der Waals surface area contributed by atoms with Gasteiger partial charge in [-0.1, -0.05) is 23.2 Å². The van der Waals surface area contributed by atoms with Crippen LogP contribution in [0.15, 0.2) is 47.7 Å². The minimum atomic E-state index is -4.61. The van der Waals surface area contributed by atoms with Crippen molar-refractivity contribution in [1.29, 1.82) is 0 Å². The van der Waals surface area contributed by atoms with Gasteiger partial charge in [0, 0.05) is 5.69 Å². The van der Waals surface area contributed by atoms with Crippen molar-refractivity contribution in [3.8, 4) is 11.5 Å². The Morgan fingerprint density at radius 1 is 1.00 bits per heavy atom. The third kappa shape index (κ3) is 5.35. The Bertz CT molecular complexity index is 1080. The molecule has 0 unspecified atom stereocenters. The lowest BCUT2D eigenvalue weighted by Crippen LogP contribution is -2.38. The molecule has 0 radical (unpaired) electrons. The first kappa shape index (κ1) is 24.7. The van der Waals surface area contributed by atoms with Crippen molar-refractivity contribution in [1.82, 2.24) is 0 Å². The lowest BCUT2D eigenvalue weighted by atomic mass is 10.1. The Kier molecular flexibility index (Phi) is 7.41. The fraction of sp³-hybridized carbons (Fsp3) is 0.238. The smallest absolute Gasteiger partial charge is 0.416 e. The molecule has 0 atom stereocenters. The Balaban J connectivity index is 1.90. The topological polar surface area (TPSA) is 74.3 Å². The van der Waals surface area contributed by atoms with E-state index in [1.165, 1.54) is 43.4 Å². The van der Waals surface area contributed by atoms with E-state index < -0.39 is 23.7 Å². The van der Waals surface area contributed by atoms with Crippen LogP contribution >= 0.6 is 23.2 Å². The van der Waals surface area contributed by atoms with Crippen LogP contribution in [0.4, 0.5) is 18.9 Å². The summed E-state index contributed by atoms with van der Waals surface area (Å²) >= 11 is 11.9. The van der Waals surface area contributed by atoms with E-state index in [0.717, 1.165) is 0 Å². The fourth-order valence-electron chi connectivity index (χ4n) is 2.98. The Labute approximate surface area is 196 Å². The first-order valence-electron chi connectivity index (χ1n) is 9.16. The number of methoxy groups -OCH3 is 2. The van der Waals surface area contributed by atoms with E-state index in [2.05, 4.69) is 0 Å². The number of hydrogen-bond acceptors (Lipinski definition) is 7. The zero-order valence-electron chi connectivity index (χ0n) is 17.2. The second-order valence-electron chi connectivity index (χ2n) is 6.58. The Morgan fingerprint density at radius 3 is 2.09 bits per heavy atom.